The smallest absolute Gasteiger partial charge is 0.272 e. The van der Waals surface area contributed by atoms with Crippen LogP contribution in [0.15, 0.2) is 35.1 Å². The van der Waals surface area contributed by atoms with E-state index in [1.807, 2.05) is 19.9 Å². The van der Waals surface area contributed by atoms with Crippen LogP contribution < -0.4 is 21.3 Å². The molecule has 1 amide bonds. The van der Waals surface area contributed by atoms with Gasteiger partial charge in [-0.2, -0.15) is 5.10 Å². The van der Waals surface area contributed by atoms with E-state index in [0.717, 1.165) is 30.5 Å². The molecule has 7 heteroatoms. The Balaban J connectivity index is 1.64. The highest BCUT2D eigenvalue weighted by Crippen LogP contribution is 2.27. The van der Waals surface area contributed by atoms with Gasteiger partial charge in [-0.25, -0.2) is 9.49 Å². The van der Waals surface area contributed by atoms with Crippen LogP contribution in [-0.2, 0) is 6.42 Å². The van der Waals surface area contributed by atoms with Gasteiger partial charge in [0, 0.05) is 30.8 Å². The predicted molar refractivity (Wildman–Crippen MR) is 123 cm³/mol. The van der Waals surface area contributed by atoms with E-state index in [-0.39, 0.29) is 17.0 Å². The van der Waals surface area contributed by atoms with E-state index in [4.69, 9.17) is 0 Å². The molecule has 0 radical (unpaired) electrons. The van der Waals surface area contributed by atoms with Crippen molar-refractivity contribution in [3.8, 4) is 0 Å². The van der Waals surface area contributed by atoms with E-state index in [1.54, 1.807) is 23.1 Å². The maximum absolute atomic E-state index is 14.6. The third-order valence-electron chi connectivity index (χ3n) is 6.34. The number of aromatic amines is 1. The van der Waals surface area contributed by atoms with Crippen LogP contribution >= 0.6 is 0 Å². The Bertz CT molecular complexity index is 1220. The van der Waals surface area contributed by atoms with E-state index >= 15 is 0 Å². The molecule has 2 N–H and O–H groups in total. The highest BCUT2D eigenvalue weighted by Gasteiger charge is 2.37. The second kappa shape index (κ2) is 9.20. The van der Waals surface area contributed by atoms with Gasteiger partial charge >= 0.3 is 0 Å². The fourth-order valence-corrected chi connectivity index (χ4v) is 4.79. The molecule has 0 spiro atoms. The highest BCUT2D eigenvalue weighted by atomic mass is 19.1. The Hall–Kier alpha value is -3.06. The molecule has 2 unspecified atom stereocenters. The maximum atomic E-state index is 14.6. The molecule has 168 valence electrons. The highest BCUT2D eigenvalue weighted by molar-refractivity contribution is 5.95. The van der Waals surface area contributed by atoms with E-state index in [0.29, 0.717) is 47.6 Å². The number of H-pyrrole nitrogens is 1. The zero-order valence-electron chi connectivity index (χ0n) is 18.6. The molecule has 2 fully saturated rings. The lowest BCUT2D eigenvalue weighted by Gasteiger charge is -2.24. The quantitative estimate of drug-likeness (QED) is 0.761. The van der Waals surface area contributed by atoms with E-state index in [2.05, 4.69) is 22.1 Å². The van der Waals surface area contributed by atoms with Crippen molar-refractivity contribution in [1.29, 1.82) is 0 Å². The normalized spacial score (nSPS) is 21.7. The summed E-state index contributed by atoms with van der Waals surface area (Å²) in [4.78, 5) is 27.2. The number of likely N-dealkylation sites (tertiary alicyclic amines) is 1. The molecule has 4 rings (SSSR count). The van der Waals surface area contributed by atoms with Gasteiger partial charge in [0.1, 0.15) is 5.82 Å². The van der Waals surface area contributed by atoms with Gasteiger partial charge in [-0.15, -0.1) is 0 Å². The van der Waals surface area contributed by atoms with Gasteiger partial charge in [-0.3, -0.25) is 9.59 Å². The van der Waals surface area contributed by atoms with Gasteiger partial charge in [0.25, 0.3) is 11.5 Å². The van der Waals surface area contributed by atoms with Crippen LogP contribution in [0.5, 0.6) is 0 Å². The molecular weight excluding hydrogens is 407 g/mol. The summed E-state index contributed by atoms with van der Waals surface area (Å²) in [6.45, 7) is 9.77. The summed E-state index contributed by atoms with van der Waals surface area (Å²) in [5.74, 6) is -0.349. The summed E-state index contributed by atoms with van der Waals surface area (Å²) in [5, 5.41) is 11.4. The van der Waals surface area contributed by atoms with Crippen LogP contribution in [0.4, 0.5) is 4.39 Å². The molecule has 0 bridgehead atoms. The number of aromatic nitrogens is 2. The molecule has 2 saturated heterocycles. The van der Waals surface area contributed by atoms with Crippen LogP contribution in [0.3, 0.4) is 0 Å². The summed E-state index contributed by atoms with van der Waals surface area (Å²) in [7, 11) is 0. The first-order valence-corrected chi connectivity index (χ1v) is 11.1. The number of piperidine rings is 1. The number of rotatable bonds is 4. The number of benzene rings is 1. The van der Waals surface area contributed by atoms with Crippen LogP contribution in [0.2, 0.25) is 0 Å². The van der Waals surface area contributed by atoms with Crippen LogP contribution in [0.25, 0.3) is 12.2 Å². The second-order valence-electron chi connectivity index (χ2n) is 8.77. The number of amides is 1. The topological polar surface area (TPSA) is 78.1 Å². The lowest BCUT2D eigenvalue weighted by Crippen LogP contribution is -2.44. The van der Waals surface area contributed by atoms with Crippen molar-refractivity contribution in [2.24, 2.45) is 5.92 Å². The Morgan fingerprint density at radius 2 is 2.16 bits per heavy atom. The number of halogens is 1. The molecule has 6 nitrogen and oxygen atoms in total. The summed E-state index contributed by atoms with van der Waals surface area (Å²) in [5.41, 5.74) is 1.96. The number of allylic oxidation sites excluding steroid dienone is 1. The first kappa shape index (κ1) is 22.1. The average Bonchev–Trinajstić information content (AvgIpc) is 3.21. The molecule has 0 saturated carbocycles. The third-order valence-corrected chi connectivity index (χ3v) is 6.34. The summed E-state index contributed by atoms with van der Waals surface area (Å²) >= 11 is 0. The number of hydrogen-bond donors (Lipinski definition) is 2. The zero-order chi connectivity index (χ0) is 22.8. The Morgan fingerprint density at radius 1 is 1.34 bits per heavy atom. The third kappa shape index (κ3) is 4.43. The van der Waals surface area contributed by atoms with E-state index in [9.17, 15) is 14.0 Å². The molecule has 2 atom stereocenters. The second-order valence-corrected chi connectivity index (χ2v) is 8.77. The van der Waals surface area contributed by atoms with Gasteiger partial charge < -0.3 is 10.2 Å². The van der Waals surface area contributed by atoms with Gasteiger partial charge in [0.05, 0.1) is 16.5 Å². The number of fused-ring (bicyclic) bond motifs is 1. The van der Waals surface area contributed by atoms with Crippen LogP contribution in [-0.4, -0.2) is 46.7 Å². The minimum Gasteiger partial charge on any atom is -0.337 e. The molecule has 32 heavy (non-hydrogen) atoms. The SMILES string of the molecule is C=C(C)C=c1c(=O)[nH]nc(Cc2ccc(F)c(C(=O)N3CC4CCCNC4C3)c2)c1=CC. The molecule has 2 aliphatic heterocycles. The van der Waals surface area contributed by atoms with Crippen molar-refractivity contribution in [3.63, 3.8) is 0 Å². The number of nitrogens with one attached hydrogen (secondary N) is 2. The summed E-state index contributed by atoms with van der Waals surface area (Å²) < 4.78 is 14.6. The fourth-order valence-electron chi connectivity index (χ4n) is 4.79. The summed E-state index contributed by atoms with van der Waals surface area (Å²) in [6.07, 6.45) is 6.13. The number of carbonyl (C=O) groups excluding carboxylic acids is 1. The lowest BCUT2D eigenvalue weighted by atomic mass is 9.94. The van der Waals surface area contributed by atoms with Crippen LogP contribution in [0.1, 0.15) is 48.3 Å². The Kier molecular flexibility index (Phi) is 6.37. The van der Waals surface area contributed by atoms with Crippen molar-refractivity contribution in [3.05, 3.63) is 73.8 Å². The molecule has 0 aliphatic carbocycles. The first-order valence-electron chi connectivity index (χ1n) is 11.1. The molecule has 1 aromatic carbocycles. The molecule has 2 aromatic rings. The van der Waals surface area contributed by atoms with E-state index < -0.39 is 5.82 Å². The minimum atomic E-state index is -0.519. The molecular formula is C25H29FN4O2. The van der Waals surface area contributed by atoms with Gasteiger partial charge in [0.15, 0.2) is 0 Å². The van der Waals surface area contributed by atoms with Gasteiger partial charge in [-0.1, -0.05) is 24.3 Å². The van der Waals surface area contributed by atoms with Gasteiger partial charge in [0.2, 0.25) is 0 Å². The van der Waals surface area contributed by atoms with Crippen molar-refractivity contribution < 1.29 is 9.18 Å². The standard InChI is InChI=1S/C25H29FN4O2/c1-4-18-19(10-15(2)3)24(31)29-28-22(18)12-16-7-8-21(26)20(11-16)25(32)30-13-17-6-5-9-27-23(17)14-30/h4,7-8,10-11,17,23,27H,2,5-6,9,12-14H2,1,3H3,(H,29,31). The Morgan fingerprint density at radius 3 is 2.88 bits per heavy atom. The van der Waals surface area contributed by atoms with Crippen molar-refractivity contribution in [2.45, 2.75) is 39.2 Å². The van der Waals surface area contributed by atoms with Crippen LogP contribution in [0, 0.1) is 11.7 Å². The monoisotopic (exact) mass is 436 g/mol. The first-order chi connectivity index (χ1) is 15.4. The number of nitrogens with zero attached hydrogens (tertiary/aromatic N) is 2. The summed E-state index contributed by atoms with van der Waals surface area (Å²) in [6, 6.07) is 4.91. The van der Waals surface area contributed by atoms with Crippen molar-refractivity contribution >= 4 is 18.1 Å². The molecule has 2 aliphatic rings. The van der Waals surface area contributed by atoms with E-state index in [1.165, 1.54) is 6.07 Å². The zero-order valence-corrected chi connectivity index (χ0v) is 18.6. The maximum Gasteiger partial charge on any atom is 0.272 e. The molecule has 3 heterocycles. The fraction of sp³-hybridized carbons (Fsp3) is 0.400. The lowest BCUT2D eigenvalue weighted by molar-refractivity contribution is 0.0781. The Labute approximate surface area is 186 Å². The van der Waals surface area contributed by atoms with Gasteiger partial charge in [-0.05, 0) is 62.9 Å². The number of carbonyl (C=O) groups is 1. The van der Waals surface area contributed by atoms with Crippen molar-refractivity contribution in [1.82, 2.24) is 20.4 Å². The predicted octanol–water partition coefficient (Wildman–Crippen LogP) is 1.48. The minimum absolute atomic E-state index is 0.0846. The number of hydrogen-bond acceptors (Lipinski definition) is 4. The average molecular weight is 437 g/mol. The molecule has 1 aromatic heterocycles. The largest absolute Gasteiger partial charge is 0.337 e. The van der Waals surface area contributed by atoms with Crippen molar-refractivity contribution in [2.75, 3.05) is 19.6 Å².